The largest absolute Gasteiger partial charge is 0.408 e. The van der Waals surface area contributed by atoms with E-state index in [1.54, 1.807) is 4.57 Å². The first-order valence-corrected chi connectivity index (χ1v) is 13.0. The number of nitrogens with one attached hydrogen (secondary N) is 1. The third kappa shape index (κ3) is 5.11. The Morgan fingerprint density at radius 3 is 2.47 bits per heavy atom. The topological polar surface area (TPSA) is 87.8 Å². The van der Waals surface area contributed by atoms with Crippen LogP contribution in [0.5, 0.6) is 0 Å². The number of sulfonamides is 1. The smallest absolute Gasteiger partial charge is 0.347 e. The zero-order chi connectivity index (χ0) is 26.5. The van der Waals surface area contributed by atoms with Crippen LogP contribution in [-0.2, 0) is 16.6 Å². The number of rotatable bonds is 6. The van der Waals surface area contributed by atoms with Gasteiger partial charge in [-0.05, 0) is 36.5 Å². The Kier molecular flexibility index (Phi) is 6.64. The Morgan fingerprint density at radius 2 is 1.92 bits per heavy atom. The van der Waals surface area contributed by atoms with Gasteiger partial charge in [-0.15, -0.1) is 0 Å². The number of alkyl halides is 3. The summed E-state index contributed by atoms with van der Waals surface area (Å²) in [4.78, 5) is 3.96. The normalized spacial score (nSPS) is 16.1. The maximum absolute atomic E-state index is 15.4. The van der Waals surface area contributed by atoms with Gasteiger partial charge in [0.25, 0.3) is 0 Å². The van der Waals surface area contributed by atoms with Crippen LogP contribution in [0.15, 0.2) is 36.8 Å². The lowest BCUT2D eigenvalue weighted by atomic mass is 9.96. The average Bonchev–Trinajstić information content (AvgIpc) is 3.04. The molecule has 192 valence electrons. The zero-order valence-corrected chi connectivity index (χ0v) is 20.8. The van der Waals surface area contributed by atoms with E-state index < -0.39 is 33.3 Å². The van der Waals surface area contributed by atoms with Crippen molar-refractivity contribution in [2.24, 2.45) is 5.41 Å². The summed E-state index contributed by atoms with van der Waals surface area (Å²) in [6, 6.07) is 3.23. The lowest BCUT2D eigenvalue weighted by Gasteiger charge is -2.29. The highest BCUT2D eigenvalue weighted by atomic mass is 32.2. The minimum atomic E-state index is -4.95. The monoisotopic (exact) mass is 522 g/mol. The second-order valence-corrected chi connectivity index (χ2v) is 12.3. The van der Waals surface area contributed by atoms with E-state index in [4.69, 9.17) is 0 Å². The number of aromatic nitrogens is 2. The summed E-state index contributed by atoms with van der Waals surface area (Å²) in [6.07, 6.45) is 0.248. The molecule has 0 aliphatic heterocycles. The van der Waals surface area contributed by atoms with Crippen LogP contribution in [0.3, 0.4) is 0 Å². The van der Waals surface area contributed by atoms with E-state index in [1.165, 1.54) is 30.7 Å². The highest BCUT2D eigenvalue weighted by Crippen LogP contribution is 2.41. The van der Waals surface area contributed by atoms with Crippen molar-refractivity contribution < 1.29 is 26.0 Å². The molecule has 1 aliphatic carbocycles. The van der Waals surface area contributed by atoms with Crippen LogP contribution in [0.25, 0.3) is 22.0 Å². The van der Waals surface area contributed by atoms with Crippen LogP contribution >= 0.6 is 0 Å². The number of halogens is 4. The maximum Gasteiger partial charge on any atom is 0.408 e. The number of pyridine rings is 1. The molecule has 3 aromatic rings. The molecule has 1 fully saturated rings. The molecule has 36 heavy (non-hydrogen) atoms. The SMILES string of the molecule is CC(C)(C)Cn1cc(C(NS(=O)(=O)C2CCC2)C(F)(F)F)c2cc(F)c(-c3cnccc3C#N)cc21. The van der Waals surface area contributed by atoms with Gasteiger partial charge in [-0.25, -0.2) is 12.8 Å². The molecule has 4 rings (SSSR count). The van der Waals surface area contributed by atoms with Gasteiger partial charge < -0.3 is 4.57 Å². The van der Waals surface area contributed by atoms with Gasteiger partial charge in [-0.1, -0.05) is 27.2 Å². The zero-order valence-electron chi connectivity index (χ0n) is 20.0. The van der Waals surface area contributed by atoms with Crippen LogP contribution in [0.1, 0.15) is 57.2 Å². The van der Waals surface area contributed by atoms with Crippen molar-refractivity contribution >= 4 is 20.9 Å². The lowest BCUT2D eigenvalue weighted by molar-refractivity contribution is -0.152. The molecule has 0 bridgehead atoms. The fourth-order valence-corrected chi connectivity index (χ4v) is 6.11. The number of benzene rings is 1. The molecule has 1 aromatic carbocycles. The van der Waals surface area contributed by atoms with Crippen molar-refractivity contribution in [1.29, 1.82) is 5.26 Å². The molecule has 0 spiro atoms. The highest BCUT2D eigenvalue weighted by Gasteiger charge is 2.46. The van der Waals surface area contributed by atoms with Crippen molar-refractivity contribution in [1.82, 2.24) is 14.3 Å². The van der Waals surface area contributed by atoms with Crippen LogP contribution < -0.4 is 4.72 Å². The van der Waals surface area contributed by atoms with Crippen LogP contribution in [0, 0.1) is 22.6 Å². The van der Waals surface area contributed by atoms with E-state index in [0.29, 0.717) is 24.8 Å². The van der Waals surface area contributed by atoms with Gasteiger partial charge >= 0.3 is 6.18 Å². The number of nitriles is 1. The van der Waals surface area contributed by atoms with E-state index in [2.05, 4.69) is 4.98 Å². The Morgan fingerprint density at radius 1 is 1.22 bits per heavy atom. The summed E-state index contributed by atoms with van der Waals surface area (Å²) >= 11 is 0. The van der Waals surface area contributed by atoms with Gasteiger partial charge in [0.2, 0.25) is 10.0 Å². The Bertz CT molecular complexity index is 1450. The van der Waals surface area contributed by atoms with Gasteiger partial charge in [0, 0.05) is 52.7 Å². The summed E-state index contributed by atoms with van der Waals surface area (Å²) in [6.45, 7) is 5.99. The Labute approximate surface area is 207 Å². The first kappa shape index (κ1) is 26.1. The highest BCUT2D eigenvalue weighted by molar-refractivity contribution is 7.90. The van der Waals surface area contributed by atoms with Crippen LogP contribution in [0.2, 0.25) is 0 Å². The van der Waals surface area contributed by atoms with E-state index in [0.717, 1.165) is 6.07 Å². The van der Waals surface area contributed by atoms with Gasteiger partial charge in [0.05, 0.1) is 16.9 Å². The third-order valence-electron chi connectivity index (χ3n) is 6.29. The second-order valence-electron chi connectivity index (χ2n) is 10.3. The van der Waals surface area contributed by atoms with Crippen LogP contribution in [-0.4, -0.2) is 29.4 Å². The molecule has 2 heterocycles. The van der Waals surface area contributed by atoms with E-state index in [9.17, 15) is 26.9 Å². The summed E-state index contributed by atoms with van der Waals surface area (Å²) < 4.78 is 86.9. The van der Waals surface area contributed by atoms with Gasteiger partial charge in [-0.2, -0.15) is 23.2 Å². The fourth-order valence-electron chi connectivity index (χ4n) is 4.37. The van der Waals surface area contributed by atoms with Gasteiger partial charge in [-0.3, -0.25) is 4.98 Å². The second kappa shape index (κ2) is 9.16. The van der Waals surface area contributed by atoms with E-state index in [1.807, 2.05) is 31.6 Å². The summed E-state index contributed by atoms with van der Waals surface area (Å²) in [5.41, 5.74) is -0.0434. The molecular formula is C25H26F4N4O2S. The molecule has 1 unspecified atom stereocenters. The van der Waals surface area contributed by atoms with Crippen molar-refractivity contribution in [2.45, 2.75) is 64.0 Å². The molecule has 11 heteroatoms. The molecule has 1 atom stereocenters. The molecule has 2 aromatic heterocycles. The van der Waals surface area contributed by atoms with Crippen LogP contribution in [0.4, 0.5) is 17.6 Å². The molecular weight excluding hydrogens is 496 g/mol. The van der Waals surface area contributed by atoms with E-state index >= 15 is 4.39 Å². The number of nitrogens with zero attached hydrogens (tertiary/aromatic N) is 3. The standard InChI is InChI=1S/C25H26F4N4O2S/c1-24(2,3)14-33-13-20(23(25(27,28)29)32-36(34,35)16-5-4-6-16)18-9-21(26)17(10-22(18)33)19-12-31-8-7-15(19)11-30/h7-10,12-13,16,23,32H,4-6,14H2,1-3H3. The van der Waals surface area contributed by atoms with Crippen molar-refractivity contribution in [3.05, 3.63) is 53.7 Å². The molecule has 1 aliphatic rings. The predicted molar refractivity (Wildman–Crippen MR) is 128 cm³/mol. The Hall–Kier alpha value is -2.97. The summed E-state index contributed by atoms with van der Waals surface area (Å²) in [5, 5.41) is 8.51. The number of hydrogen-bond acceptors (Lipinski definition) is 4. The number of hydrogen-bond donors (Lipinski definition) is 1. The first-order chi connectivity index (χ1) is 16.7. The molecule has 1 N–H and O–H groups in total. The van der Waals surface area contributed by atoms with Gasteiger partial charge in [0.1, 0.15) is 11.9 Å². The van der Waals surface area contributed by atoms with Crippen molar-refractivity contribution in [2.75, 3.05) is 0 Å². The summed E-state index contributed by atoms with van der Waals surface area (Å²) in [7, 11) is -4.24. The molecule has 0 radical (unpaired) electrons. The summed E-state index contributed by atoms with van der Waals surface area (Å²) in [5.74, 6) is -0.843. The van der Waals surface area contributed by atoms with Crippen molar-refractivity contribution in [3.63, 3.8) is 0 Å². The fraction of sp³-hybridized carbons (Fsp3) is 0.440. The molecule has 0 saturated heterocycles. The van der Waals surface area contributed by atoms with E-state index in [-0.39, 0.29) is 39.6 Å². The Balaban J connectivity index is 1.94. The minimum Gasteiger partial charge on any atom is -0.347 e. The predicted octanol–water partition coefficient (Wildman–Crippen LogP) is 5.84. The minimum absolute atomic E-state index is 0.0190. The first-order valence-electron chi connectivity index (χ1n) is 11.5. The average molecular weight is 523 g/mol. The van der Waals surface area contributed by atoms with Gasteiger partial charge in [0.15, 0.2) is 0 Å². The molecule has 1 saturated carbocycles. The number of fused-ring (bicyclic) bond motifs is 1. The maximum atomic E-state index is 15.4. The quantitative estimate of drug-likeness (QED) is 0.412. The molecule has 0 amide bonds. The lowest BCUT2D eigenvalue weighted by Crippen LogP contribution is -2.44. The third-order valence-corrected chi connectivity index (χ3v) is 8.20. The molecule has 6 nitrogen and oxygen atoms in total. The van der Waals surface area contributed by atoms with Crippen molar-refractivity contribution in [3.8, 4) is 17.2 Å².